The summed E-state index contributed by atoms with van der Waals surface area (Å²) < 4.78 is 2.53. The van der Waals surface area contributed by atoms with E-state index in [1.165, 1.54) is 79.8 Å². The van der Waals surface area contributed by atoms with Gasteiger partial charge in [0.2, 0.25) is 0 Å². The minimum absolute atomic E-state index is 0.232. The third-order valence-electron chi connectivity index (χ3n) is 20.5. The minimum Gasteiger partial charge on any atom is -0.311 e. The van der Waals surface area contributed by atoms with Crippen molar-refractivity contribution in [2.75, 3.05) is 9.80 Å². The van der Waals surface area contributed by atoms with Crippen molar-refractivity contribution in [2.24, 2.45) is 0 Å². The van der Waals surface area contributed by atoms with E-state index in [1.807, 2.05) is 0 Å². The molecule has 2 aliphatic heterocycles. The molecule has 0 aliphatic carbocycles. The van der Waals surface area contributed by atoms with Crippen molar-refractivity contribution in [1.29, 1.82) is 0 Å². The molecule has 0 spiro atoms. The first-order chi connectivity index (χ1) is 47.7. The Bertz CT molecular complexity index is 5290. The maximum atomic E-state index is 2.70. The van der Waals surface area contributed by atoms with Gasteiger partial charge in [0, 0.05) is 44.8 Å². The van der Waals surface area contributed by atoms with Crippen molar-refractivity contribution in [3.8, 4) is 27.9 Å². The summed E-state index contributed by atoms with van der Waals surface area (Å²) in [5, 5.41) is 13.0. The van der Waals surface area contributed by atoms with Crippen molar-refractivity contribution < 1.29 is 0 Å². The van der Waals surface area contributed by atoms with Gasteiger partial charge in [0.15, 0.2) is 16.1 Å². The molecule has 3 heterocycles. The Balaban J connectivity index is 1.02. The molecule has 16 aromatic rings. The van der Waals surface area contributed by atoms with Crippen LogP contribution in [-0.4, -0.2) is 27.4 Å². The summed E-state index contributed by atoms with van der Waals surface area (Å²) in [6.45, 7) is -0.232. The van der Waals surface area contributed by atoms with Gasteiger partial charge in [-0.1, -0.05) is 334 Å². The normalized spacial score (nSPS) is 12.5. The largest absolute Gasteiger partial charge is 0.311 e. The van der Waals surface area contributed by atoms with Crippen LogP contribution in [0.25, 0.3) is 49.7 Å². The zero-order valence-electron chi connectivity index (χ0n) is 52.9. The van der Waals surface area contributed by atoms with Crippen LogP contribution in [0.1, 0.15) is 0 Å². The fourth-order valence-electron chi connectivity index (χ4n) is 16.5. The number of hydrogen-bond acceptors (Lipinski definition) is 2. The smallest absolute Gasteiger partial charge is 0.252 e. The lowest BCUT2D eigenvalue weighted by atomic mass is 9.32. The molecular weight excluding hydrogens is 1190 g/mol. The van der Waals surface area contributed by atoms with Crippen LogP contribution in [0.4, 0.5) is 34.1 Å². The molecular formula is C90H64BN3Si2. The van der Waals surface area contributed by atoms with Gasteiger partial charge in [-0.15, -0.1) is 0 Å². The van der Waals surface area contributed by atoms with Gasteiger partial charge in [-0.3, -0.25) is 0 Å². The lowest BCUT2D eigenvalue weighted by Gasteiger charge is -2.46. The van der Waals surface area contributed by atoms with Crippen LogP contribution in [0.5, 0.6) is 0 Å². The van der Waals surface area contributed by atoms with Crippen molar-refractivity contribution in [1.82, 2.24) is 4.57 Å². The molecule has 1 aromatic heterocycles. The van der Waals surface area contributed by atoms with E-state index in [1.54, 1.807) is 0 Å². The SMILES string of the molecule is c1ccc(-c2ccccc2N2c3cccc(-c4ccccc4)c3B3c4ccc([Si](c5ccccc5)(c5ccccc5)c5ccccc5)cc4N(c4cccc([Si](c5ccccc5)(c5ccccc5)c5ccccc5)c4)c4cc(-n5c6ccccc6c6ccccc65)cc2c43)cc1. The second-order valence-electron chi connectivity index (χ2n) is 25.4. The number of hydrogen-bond donors (Lipinski definition) is 0. The quantitative estimate of drug-likeness (QED) is 0.0842. The third-order valence-corrected chi connectivity index (χ3v) is 30.0. The standard InChI is InChI=1S/C90H64BN3Si2/c1-9-33-65(34-10-1)77-51-25-28-55-82(77)94-85-58-32-54-78(66-35-11-2-12-36-66)89(85)91-81-60-59-76(96(72-44-19-6-20-45-72,73-46-21-7-22-47-73)74-48-23-8-24-49-74)64-86(81)92(87-62-68(63-88(94)90(87)91)93-83-56-29-26-52-79(83)80-53-27-30-57-84(80)93)67-37-31-50-75(61-67)95(69-38-13-3-14-39-69,70-40-15-4-16-41-70)71-42-17-5-18-43-71/h1-64H. The van der Waals surface area contributed by atoms with Crippen LogP contribution >= 0.6 is 0 Å². The topological polar surface area (TPSA) is 11.4 Å². The molecule has 450 valence electrons. The van der Waals surface area contributed by atoms with Gasteiger partial charge in [-0.25, -0.2) is 0 Å². The van der Waals surface area contributed by atoms with Crippen LogP contribution in [0.3, 0.4) is 0 Å². The summed E-state index contributed by atoms with van der Waals surface area (Å²) in [5.41, 5.74) is 18.6. The Kier molecular flexibility index (Phi) is 14.0. The Morgan fingerprint density at radius 1 is 0.219 bits per heavy atom. The molecule has 96 heavy (non-hydrogen) atoms. The van der Waals surface area contributed by atoms with E-state index >= 15 is 0 Å². The van der Waals surface area contributed by atoms with Gasteiger partial charge in [0.05, 0.1) is 22.4 Å². The Morgan fingerprint density at radius 3 is 1.09 bits per heavy atom. The molecule has 0 bridgehead atoms. The van der Waals surface area contributed by atoms with Crippen LogP contribution in [0.2, 0.25) is 0 Å². The van der Waals surface area contributed by atoms with Gasteiger partial charge >= 0.3 is 0 Å². The van der Waals surface area contributed by atoms with E-state index in [0.717, 1.165) is 62.0 Å². The van der Waals surface area contributed by atoms with Crippen molar-refractivity contribution in [2.45, 2.75) is 0 Å². The Labute approximate surface area is 563 Å². The predicted octanol–water partition coefficient (Wildman–Crippen LogP) is 15.0. The van der Waals surface area contributed by atoms with Gasteiger partial charge in [-0.05, 0) is 129 Å². The minimum atomic E-state index is -3.16. The molecule has 15 aromatic carbocycles. The van der Waals surface area contributed by atoms with Gasteiger partial charge < -0.3 is 14.4 Å². The van der Waals surface area contributed by atoms with E-state index in [0.29, 0.717) is 0 Å². The summed E-state index contributed by atoms with van der Waals surface area (Å²) in [6.07, 6.45) is 0. The third kappa shape index (κ3) is 8.94. The van der Waals surface area contributed by atoms with E-state index in [2.05, 4.69) is 403 Å². The summed E-state index contributed by atoms with van der Waals surface area (Å²) in [6, 6.07) is 147. The molecule has 0 radical (unpaired) electrons. The first kappa shape index (κ1) is 56.9. The predicted molar refractivity (Wildman–Crippen MR) is 413 cm³/mol. The fourth-order valence-corrected chi connectivity index (χ4v) is 26.1. The highest BCUT2D eigenvalue weighted by Crippen LogP contribution is 2.49. The second-order valence-corrected chi connectivity index (χ2v) is 33.0. The highest BCUT2D eigenvalue weighted by atomic mass is 28.3. The summed E-state index contributed by atoms with van der Waals surface area (Å²) in [7, 11) is -6.27. The number of anilines is 6. The lowest BCUT2D eigenvalue weighted by Crippen LogP contribution is -2.75. The second kappa shape index (κ2) is 23.6. The number of aromatic nitrogens is 1. The Morgan fingerprint density at radius 2 is 0.594 bits per heavy atom. The average Bonchev–Trinajstić information content (AvgIpc) is 1.43. The van der Waals surface area contributed by atoms with E-state index in [-0.39, 0.29) is 6.71 Å². The highest BCUT2D eigenvalue weighted by molar-refractivity contribution is 7.20. The summed E-state index contributed by atoms with van der Waals surface area (Å²) >= 11 is 0. The lowest BCUT2D eigenvalue weighted by molar-refractivity contribution is 1.16. The number of fused-ring (bicyclic) bond motifs is 7. The first-order valence-corrected chi connectivity index (χ1v) is 37.4. The average molecular weight is 1250 g/mol. The molecule has 0 saturated carbocycles. The fraction of sp³-hybridized carbons (Fsp3) is 0. The molecule has 6 heteroatoms. The van der Waals surface area contributed by atoms with Gasteiger partial charge in [0.1, 0.15) is 0 Å². The van der Waals surface area contributed by atoms with E-state index in [9.17, 15) is 0 Å². The molecule has 0 unspecified atom stereocenters. The van der Waals surface area contributed by atoms with Crippen LogP contribution in [0.15, 0.2) is 388 Å². The van der Waals surface area contributed by atoms with Gasteiger partial charge in [-0.2, -0.15) is 0 Å². The number of para-hydroxylation sites is 3. The maximum Gasteiger partial charge on any atom is 0.252 e. The van der Waals surface area contributed by atoms with Crippen molar-refractivity contribution in [3.05, 3.63) is 388 Å². The van der Waals surface area contributed by atoms with Crippen molar-refractivity contribution >= 4 is 137 Å². The summed E-state index contributed by atoms with van der Waals surface area (Å²) in [5.74, 6) is 0. The van der Waals surface area contributed by atoms with Crippen LogP contribution < -0.4 is 67.7 Å². The molecule has 3 nitrogen and oxygen atoms in total. The van der Waals surface area contributed by atoms with Crippen molar-refractivity contribution in [3.63, 3.8) is 0 Å². The number of nitrogens with zero attached hydrogens (tertiary/aromatic N) is 3. The first-order valence-electron chi connectivity index (χ1n) is 33.4. The molecule has 18 rings (SSSR count). The highest BCUT2D eigenvalue weighted by Gasteiger charge is 2.49. The number of rotatable bonds is 13. The monoisotopic (exact) mass is 1250 g/mol. The zero-order chi connectivity index (χ0) is 63.6. The maximum absolute atomic E-state index is 3.16. The van der Waals surface area contributed by atoms with E-state index in [4.69, 9.17) is 0 Å². The Hall–Kier alpha value is -11.8. The molecule has 0 N–H and O–H groups in total. The van der Waals surface area contributed by atoms with Crippen LogP contribution in [-0.2, 0) is 0 Å². The molecule has 0 fully saturated rings. The summed E-state index contributed by atoms with van der Waals surface area (Å²) in [4.78, 5) is 5.33. The van der Waals surface area contributed by atoms with E-state index < -0.39 is 16.1 Å². The molecule has 0 atom stereocenters. The zero-order valence-corrected chi connectivity index (χ0v) is 54.9. The molecule has 0 amide bonds. The number of benzene rings is 15. The van der Waals surface area contributed by atoms with Gasteiger partial charge in [0.25, 0.3) is 6.71 Å². The van der Waals surface area contributed by atoms with Crippen LogP contribution in [0, 0.1) is 0 Å². The molecule has 0 saturated heterocycles. The molecule has 2 aliphatic rings.